The zero-order chi connectivity index (χ0) is 15.2. The number of sulfone groups is 1. The second-order valence-electron chi connectivity index (χ2n) is 5.12. The first-order chi connectivity index (χ1) is 9.91. The highest BCUT2D eigenvalue weighted by Gasteiger charge is 2.57. The molecule has 1 aliphatic rings. The van der Waals surface area contributed by atoms with E-state index in [1.807, 2.05) is 0 Å². The van der Waals surface area contributed by atoms with Crippen LogP contribution < -0.4 is 5.73 Å². The maximum Gasteiger partial charge on any atom is 0.183 e. The van der Waals surface area contributed by atoms with E-state index < -0.39 is 21.1 Å². The number of hydrogen-bond acceptors (Lipinski definition) is 3. The number of hydrogen-bond donors (Lipinski definition) is 1. The third kappa shape index (κ3) is 2.57. The Morgan fingerprint density at radius 2 is 1.57 bits per heavy atom. The predicted octanol–water partition coefficient (Wildman–Crippen LogP) is 2.75. The average molecular weight is 326 g/mol. The molecule has 3 atom stereocenters. The first-order valence-electron chi connectivity index (χ1n) is 6.42. The van der Waals surface area contributed by atoms with Crippen molar-refractivity contribution in [3.05, 3.63) is 64.9 Å². The van der Waals surface area contributed by atoms with E-state index in [-0.39, 0.29) is 16.6 Å². The summed E-state index contributed by atoms with van der Waals surface area (Å²) in [6.45, 7) is 0. The highest BCUT2D eigenvalue weighted by atomic mass is 35.5. The van der Waals surface area contributed by atoms with Crippen LogP contribution in [0.2, 0.25) is 5.02 Å². The second-order valence-corrected chi connectivity index (χ2v) is 7.66. The minimum Gasteiger partial charge on any atom is -0.326 e. The maximum atomic E-state index is 12.9. The van der Waals surface area contributed by atoms with E-state index in [9.17, 15) is 12.8 Å². The molecule has 0 heterocycles. The summed E-state index contributed by atoms with van der Waals surface area (Å²) >= 11 is 5.77. The molecule has 0 saturated heterocycles. The molecule has 2 aromatic carbocycles. The summed E-state index contributed by atoms with van der Waals surface area (Å²) in [5, 5.41) is -0.201. The molecular formula is C15H13ClFNO2S. The van der Waals surface area contributed by atoms with Gasteiger partial charge in [0.15, 0.2) is 9.84 Å². The van der Waals surface area contributed by atoms with Crippen molar-refractivity contribution in [2.45, 2.75) is 22.1 Å². The fraction of sp³-hybridized carbons (Fsp3) is 0.200. The predicted molar refractivity (Wildman–Crippen MR) is 79.5 cm³/mol. The molecule has 6 heteroatoms. The van der Waals surface area contributed by atoms with Crippen LogP contribution in [-0.2, 0) is 9.84 Å². The first kappa shape index (κ1) is 14.5. The van der Waals surface area contributed by atoms with Crippen LogP contribution in [0, 0.1) is 5.82 Å². The van der Waals surface area contributed by atoms with E-state index in [0.717, 1.165) is 5.56 Å². The van der Waals surface area contributed by atoms with Gasteiger partial charge < -0.3 is 5.73 Å². The molecule has 3 rings (SSSR count). The standard InChI is InChI=1S/C15H13ClFNO2S/c16-10-3-7-12(8-4-10)21(19,20)15-13(14(15)18)9-1-5-11(17)6-2-9/h1-8,13-15H,18H2/t13-,14-,15+/m1/s1. The van der Waals surface area contributed by atoms with Crippen molar-refractivity contribution in [3.63, 3.8) is 0 Å². The average Bonchev–Trinajstić information content (AvgIpc) is 3.12. The van der Waals surface area contributed by atoms with E-state index >= 15 is 0 Å². The van der Waals surface area contributed by atoms with Crippen molar-refractivity contribution >= 4 is 21.4 Å². The van der Waals surface area contributed by atoms with Crippen molar-refractivity contribution in [1.29, 1.82) is 0 Å². The molecule has 3 nitrogen and oxygen atoms in total. The Hall–Kier alpha value is -1.43. The van der Waals surface area contributed by atoms with E-state index in [1.165, 1.54) is 36.4 Å². The summed E-state index contributed by atoms with van der Waals surface area (Å²) in [5.41, 5.74) is 6.68. The topological polar surface area (TPSA) is 60.2 Å². The zero-order valence-corrected chi connectivity index (χ0v) is 12.5. The summed E-state index contributed by atoms with van der Waals surface area (Å²) in [5.74, 6) is -0.656. The molecule has 0 unspecified atom stereocenters. The lowest BCUT2D eigenvalue weighted by Crippen LogP contribution is -2.15. The minimum atomic E-state index is -3.52. The number of nitrogens with two attached hydrogens (primary N) is 1. The molecule has 0 spiro atoms. The number of halogens is 2. The van der Waals surface area contributed by atoms with Gasteiger partial charge in [-0.25, -0.2) is 12.8 Å². The molecule has 1 saturated carbocycles. The first-order valence-corrected chi connectivity index (χ1v) is 8.34. The monoisotopic (exact) mass is 325 g/mol. The summed E-state index contributed by atoms with van der Waals surface area (Å²) < 4.78 is 38.1. The van der Waals surface area contributed by atoms with Crippen LogP contribution in [0.4, 0.5) is 4.39 Å². The van der Waals surface area contributed by atoms with Crippen LogP contribution >= 0.6 is 11.6 Å². The van der Waals surface area contributed by atoms with Crippen molar-refractivity contribution in [2.75, 3.05) is 0 Å². The molecule has 0 amide bonds. The van der Waals surface area contributed by atoms with Crippen LogP contribution in [0.3, 0.4) is 0 Å². The Balaban J connectivity index is 1.91. The van der Waals surface area contributed by atoms with Crippen molar-refractivity contribution in [1.82, 2.24) is 0 Å². The van der Waals surface area contributed by atoms with Gasteiger partial charge in [-0.05, 0) is 42.0 Å². The third-order valence-corrected chi connectivity index (χ3v) is 6.27. The smallest absolute Gasteiger partial charge is 0.183 e. The van der Waals surface area contributed by atoms with E-state index in [4.69, 9.17) is 17.3 Å². The van der Waals surface area contributed by atoms with E-state index in [0.29, 0.717) is 5.02 Å². The molecule has 2 aromatic rings. The summed E-state index contributed by atoms with van der Waals surface area (Å²) in [4.78, 5) is 0.206. The van der Waals surface area contributed by atoms with Gasteiger partial charge in [0.25, 0.3) is 0 Å². The molecule has 2 N–H and O–H groups in total. The summed E-state index contributed by atoms with van der Waals surface area (Å²) in [6.07, 6.45) is 0. The Labute approximate surface area is 127 Å². The number of benzene rings is 2. The van der Waals surface area contributed by atoms with Crippen LogP contribution in [-0.4, -0.2) is 19.7 Å². The molecule has 0 radical (unpaired) electrons. The lowest BCUT2D eigenvalue weighted by molar-refractivity contribution is 0.593. The highest BCUT2D eigenvalue weighted by Crippen LogP contribution is 2.47. The highest BCUT2D eigenvalue weighted by molar-refractivity contribution is 7.92. The van der Waals surface area contributed by atoms with Crippen LogP contribution in [0.1, 0.15) is 11.5 Å². The molecule has 1 fully saturated rings. The molecule has 110 valence electrons. The summed E-state index contributed by atoms with van der Waals surface area (Å²) in [7, 11) is -3.52. The molecule has 0 aliphatic heterocycles. The minimum absolute atomic E-state index is 0.206. The van der Waals surface area contributed by atoms with Gasteiger partial charge >= 0.3 is 0 Å². The van der Waals surface area contributed by atoms with Gasteiger partial charge in [-0.15, -0.1) is 0 Å². The van der Waals surface area contributed by atoms with Gasteiger partial charge in [0.05, 0.1) is 10.1 Å². The SMILES string of the molecule is N[C@@H]1[C@@H](c2ccc(F)cc2)[C@@H]1S(=O)(=O)c1ccc(Cl)cc1. The molecule has 0 bridgehead atoms. The third-order valence-electron chi connectivity index (χ3n) is 3.76. The molecule has 1 aliphatic carbocycles. The fourth-order valence-corrected chi connectivity index (χ4v) is 4.76. The fourth-order valence-electron chi connectivity index (χ4n) is 2.58. The van der Waals surface area contributed by atoms with Gasteiger partial charge in [-0.1, -0.05) is 23.7 Å². The van der Waals surface area contributed by atoms with Gasteiger partial charge in [0, 0.05) is 17.0 Å². The molecule has 21 heavy (non-hydrogen) atoms. The van der Waals surface area contributed by atoms with Crippen molar-refractivity contribution in [3.8, 4) is 0 Å². The van der Waals surface area contributed by atoms with Crippen LogP contribution in [0.15, 0.2) is 53.4 Å². The Bertz CT molecular complexity index is 759. The maximum absolute atomic E-state index is 12.9. The van der Waals surface area contributed by atoms with Crippen LogP contribution in [0.25, 0.3) is 0 Å². The second kappa shape index (κ2) is 5.09. The normalized spacial score (nSPS) is 24.8. The summed E-state index contributed by atoms with van der Waals surface area (Å²) in [6, 6.07) is 11.3. The Morgan fingerprint density at radius 3 is 2.14 bits per heavy atom. The van der Waals surface area contributed by atoms with Gasteiger partial charge in [0.2, 0.25) is 0 Å². The van der Waals surface area contributed by atoms with E-state index in [1.54, 1.807) is 12.1 Å². The van der Waals surface area contributed by atoms with Crippen LogP contribution in [0.5, 0.6) is 0 Å². The van der Waals surface area contributed by atoms with Crippen molar-refractivity contribution < 1.29 is 12.8 Å². The van der Waals surface area contributed by atoms with Crippen molar-refractivity contribution in [2.24, 2.45) is 5.73 Å². The molecule has 0 aromatic heterocycles. The van der Waals surface area contributed by atoms with Gasteiger partial charge in [-0.3, -0.25) is 0 Å². The largest absolute Gasteiger partial charge is 0.326 e. The number of rotatable bonds is 3. The quantitative estimate of drug-likeness (QED) is 0.944. The van der Waals surface area contributed by atoms with Gasteiger partial charge in [0.1, 0.15) is 5.82 Å². The van der Waals surface area contributed by atoms with Gasteiger partial charge in [-0.2, -0.15) is 0 Å². The molecular weight excluding hydrogens is 313 g/mol. The Kier molecular flexibility index (Phi) is 3.51. The lowest BCUT2D eigenvalue weighted by atomic mass is 10.1. The Morgan fingerprint density at radius 1 is 1.00 bits per heavy atom. The van der Waals surface area contributed by atoms with E-state index in [2.05, 4.69) is 0 Å². The lowest BCUT2D eigenvalue weighted by Gasteiger charge is -2.04. The zero-order valence-electron chi connectivity index (χ0n) is 10.9.